The van der Waals surface area contributed by atoms with E-state index in [0.29, 0.717) is 29.4 Å². The van der Waals surface area contributed by atoms with Crippen LogP contribution in [0.2, 0.25) is 5.15 Å². The van der Waals surface area contributed by atoms with Gasteiger partial charge in [0.2, 0.25) is 0 Å². The number of carbonyl (C=O) groups is 1. The van der Waals surface area contributed by atoms with E-state index in [1.54, 1.807) is 18.2 Å². The molecule has 1 aromatic heterocycles. The van der Waals surface area contributed by atoms with Crippen LogP contribution in [0, 0.1) is 0 Å². The van der Waals surface area contributed by atoms with Crippen LogP contribution in [-0.2, 0) is 19.6 Å². The highest BCUT2D eigenvalue weighted by molar-refractivity contribution is 6.30. The summed E-state index contributed by atoms with van der Waals surface area (Å²) in [6.45, 7) is 4.06. The Bertz CT molecular complexity index is 994. The fraction of sp³-hybridized carbons (Fsp3) is 0.182. The summed E-state index contributed by atoms with van der Waals surface area (Å²) in [5, 5.41) is 19.4. The minimum atomic E-state index is -0.952. The number of aromatic nitrogens is 2. The molecule has 0 spiro atoms. The molecule has 144 valence electrons. The van der Waals surface area contributed by atoms with Gasteiger partial charge in [-0.2, -0.15) is 0 Å². The Hall–Kier alpha value is -2.89. The fourth-order valence-corrected chi connectivity index (χ4v) is 3.42. The lowest BCUT2D eigenvalue weighted by atomic mass is 9.99. The SMILES string of the molecule is C=CCCc1nc(Cl)c(CO)n1Cc1ccc(-c2ccccc2C(=O)O)cc1. The maximum Gasteiger partial charge on any atom is 0.336 e. The van der Waals surface area contributed by atoms with Crippen LogP contribution in [0.5, 0.6) is 0 Å². The zero-order chi connectivity index (χ0) is 20.1. The summed E-state index contributed by atoms with van der Waals surface area (Å²) in [5.74, 6) is -0.151. The molecular formula is C22H21ClN2O3. The Morgan fingerprint density at radius 1 is 1.18 bits per heavy atom. The largest absolute Gasteiger partial charge is 0.478 e. The number of carboxylic acids is 1. The third kappa shape index (κ3) is 4.16. The predicted octanol–water partition coefficient (Wildman–Crippen LogP) is 4.56. The Morgan fingerprint density at radius 3 is 2.54 bits per heavy atom. The molecule has 0 saturated heterocycles. The Balaban J connectivity index is 1.90. The molecule has 0 aliphatic heterocycles. The smallest absolute Gasteiger partial charge is 0.336 e. The first kappa shape index (κ1) is 19.9. The van der Waals surface area contributed by atoms with Crippen molar-refractivity contribution in [3.63, 3.8) is 0 Å². The van der Waals surface area contributed by atoms with Crippen LogP contribution in [0.4, 0.5) is 0 Å². The highest BCUT2D eigenvalue weighted by Crippen LogP contribution is 2.25. The van der Waals surface area contributed by atoms with E-state index in [2.05, 4.69) is 11.6 Å². The summed E-state index contributed by atoms with van der Waals surface area (Å²) < 4.78 is 1.92. The first-order valence-corrected chi connectivity index (χ1v) is 9.30. The van der Waals surface area contributed by atoms with Crippen molar-refractivity contribution < 1.29 is 15.0 Å². The molecule has 1 heterocycles. The third-order valence-electron chi connectivity index (χ3n) is 4.59. The van der Waals surface area contributed by atoms with Crippen molar-refractivity contribution in [2.45, 2.75) is 26.0 Å². The van der Waals surface area contributed by atoms with Crippen LogP contribution < -0.4 is 0 Å². The van der Waals surface area contributed by atoms with Crippen molar-refractivity contribution in [2.75, 3.05) is 0 Å². The van der Waals surface area contributed by atoms with Gasteiger partial charge >= 0.3 is 5.97 Å². The maximum absolute atomic E-state index is 11.4. The van der Waals surface area contributed by atoms with Gasteiger partial charge in [-0.15, -0.1) is 6.58 Å². The second kappa shape index (κ2) is 8.87. The highest BCUT2D eigenvalue weighted by Gasteiger charge is 2.15. The lowest BCUT2D eigenvalue weighted by Crippen LogP contribution is -2.09. The highest BCUT2D eigenvalue weighted by atomic mass is 35.5. The Morgan fingerprint density at radius 2 is 1.89 bits per heavy atom. The summed E-state index contributed by atoms with van der Waals surface area (Å²) in [6.07, 6.45) is 3.27. The molecule has 0 amide bonds. The van der Waals surface area contributed by atoms with Crippen molar-refractivity contribution in [3.05, 3.63) is 89.0 Å². The van der Waals surface area contributed by atoms with E-state index < -0.39 is 5.97 Å². The number of aryl methyl sites for hydroxylation is 1. The van der Waals surface area contributed by atoms with E-state index >= 15 is 0 Å². The summed E-state index contributed by atoms with van der Waals surface area (Å²) in [5.41, 5.74) is 3.36. The average Bonchev–Trinajstić information content (AvgIpc) is 3.01. The van der Waals surface area contributed by atoms with Gasteiger partial charge in [0, 0.05) is 13.0 Å². The van der Waals surface area contributed by atoms with Crippen LogP contribution >= 0.6 is 11.6 Å². The number of halogens is 1. The van der Waals surface area contributed by atoms with Gasteiger partial charge in [0.25, 0.3) is 0 Å². The molecule has 5 nitrogen and oxygen atoms in total. The quantitative estimate of drug-likeness (QED) is 0.547. The molecule has 0 radical (unpaired) electrons. The number of imidazole rings is 1. The molecule has 3 rings (SSSR count). The number of allylic oxidation sites excluding steroid dienone is 1. The Kier molecular flexibility index (Phi) is 6.29. The molecule has 3 aromatic rings. The molecule has 28 heavy (non-hydrogen) atoms. The van der Waals surface area contributed by atoms with E-state index in [1.807, 2.05) is 41.0 Å². The number of hydrogen-bond donors (Lipinski definition) is 2. The van der Waals surface area contributed by atoms with E-state index in [1.165, 1.54) is 0 Å². The molecule has 0 bridgehead atoms. The van der Waals surface area contributed by atoms with Crippen molar-refractivity contribution in [1.82, 2.24) is 9.55 Å². The molecular weight excluding hydrogens is 376 g/mol. The summed E-state index contributed by atoms with van der Waals surface area (Å²) >= 11 is 6.17. The average molecular weight is 397 g/mol. The molecule has 0 aliphatic rings. The number of nitrogens with zero attached hydrogens (tertiary/aromatic N) is 2. The van der Waals surface area contributed by atoms with E-state index in [-0.39, 0.29) is 12.2 Å². The minimum Gasteiger partial charge on any atom is -0.478 e. The van der Waals surface area contributed by atoms with Crippen LogP contribution in [0.3, 0.4) is 0 Å². The molecule has 2 aromatic carbocycles. The first-order valence-electron chi connectivity index (χ1n) is 8.92. The number of benzene rings is 2. The van der Waals surface area contributed by atoms with Gasteiger partial charge in [-0.1, -0.05) is 60.1 Å². The molecule has 0 unspecified atom stereocenters. The monoisotopic (exact) mass is 396 g/mol. The molecule has 6 heteroatoms. The van der Waals surface area contributed by atoms with Crippen LogP contribution in [0.25, 0.3) is 11.1 Å². The second-order valence-corrected chi connectivity index (χ2v) is 6.74. The Labute approximate surface area is 168 Å². The number of aliphatic hydroxyl groups is 1. The van der Waals surface area contributed by atoms with E-state index in [4.69, 9.17) is 11.6 Å². The van der Waals surface area contributed by atoms with E-state index in [9.17, 15) is 15.0 Å². The zero-order valence-corrected chi connectivity index (χ0v) is 16.1. The van der Waals surface area contributed by atoms with Crippen molar-refractivity contribution in [2.24, 2.45) is 0 Å². The third-order valence-corrected chi connectivity index (χ3v) is 4.89. The van der Waals surface area contributed by atoms with Crippen LogP contribution in [-0.4, -0.2) is 25.7 Å². The fourth-order valence-electron chi connectivity index (χ4n) is 3.16. The topological polar surface area (TPSA) is 75.4 Å². The summed E-state index contributed by atoms with van der Waals surface area (Å²) in [7, 11) is 0. The van der Waals surface area contributed by atoms with Gasteiger partial charge in [0.05, 0.1) is 17.9 Å². The predicted molar refractivity (Wildman–Crippen MR) is 110 cm³/mol. The lowest BCUT2D eigenvalue weighted by Gasteiger charge is -2.12. The number of aromatic carboxylic acids is 1. The lowest BCUT2D eigenvalue weighted by molar-refractivity contribution is 0.0697. The summed E-state index contributed by atoms with van der Waals surface area (Å²) in [6, 6.07) is 14.6. The van der Waals surface area contributed by atoms with Gasteiger partial charge in [-0.25, -0.2) is 9.78 Å². The van der Waals surface area contributed by atoms with E-state index in [0.717, 1.165) is 23.4 Å². The molecule has 0 aliphatic carbocycles. The van der Waals surface area contributed by atoms with Gasteiger partial charge in [-0.3, -0.25) is 0 Å². The number of hydrogen-bond acceptors (Lipinski definition) is 3. The normalized spacial score (nSPS) is 10.8. The minimum absolute atomic E-state index is 0.190. The van der Waals surface area contributed by atoms with Gasteiger partial charge in [0.15, 0.2) is 5.15 Å². The van der Waals surface area contributed by atoms with Gasteiger partial charge in [0.1, 0.15) is 5.82 Å². The molecule has 2 N–H and O–H groups in total. The number of aliphatic hydroxyl groups excluding tert-OH is 1. The first-order chi connectivity index (χ1) is 13.5. The second-order valence-electron chi connectivity index (χ2n) is 6.38. The summed E-state index contributed by atoms with van der Waals surface area (Å²) in [4.78, 5) is 15.8. The maximum atomic E-state index is 11.4. The van der Waals surface area contributed by atoms with Gasteiger partial charge < -0.3 is 14.8 Å². The van der Waals surface area contributed by atoms with Crippen molar-refractivity contribution in [1.29, 1.82) is 0 Å². The van der Waals surface area contributed by atoms with Crippen LogP contribution in [0.1, 0.15) is 33.9 Å². The standard InChI is InChI=1S/C22H21ClN2O3/c1-2-3-8-20-24-21(23)19(14-26)25(20)13-15-9-11-16(12-10-15)17-6-4-5-7-18(17)22(27)28/h2,4-7,9-12,26H,1,3,8,13-14H2,(H,27,28). The number of carboxylic acid groups (broad SMARTS) is 1. The molecule has 0 saturated carbocycles. The molecule has 0 fully saturated rings. The van der Waals surface area contributed by atoms with Gasteiger partial charge in [-0.05, 0) is 29.2 Å². The van der Waals surface area contributed by atoms with Crippen molar-refractivity contribution in [3.8, 4) is 11.1 Å². The molecule has 0 atom stereocenters. The zero-order valence-electron chi connectivity index (χ0n) is 15.3. The van der Waals surface area contributed by atoms with Crippen LogP contribution in [0.15, 0.2) is 61.2 Å². The van der Waals surface area contributed by atoms with Crippen molar-refractivity contribution >= 4 is 17.6 Å². The number of rotatable bonds is 8.